The maximum atomic E-state index is 13.7. The number of carbonyl (C=O) groups is 1. The van der Waals surface area contributed by atoms with E-state index in [1.807, 2.05) is 0 Å². The predicted octanol–water partition coefficient (Wildman–Crippen LogP) is 0.355. The Kier molecular flexibility index (Phi) is 3.70. The van der Waals surface area contributed by atoms with Crippen LogP contribution in [0.4, 0.5) is 10.1 Å². The third-order valence-electron chi connectivity index (χ3n) is 3.44. The van der Waals surface area contributed by atoms with Gasteiger partial charge in [-0.25, -0.2) is 12.8 Å². The Morgan fingerprint density at radius 3 is 2.70 bits per heavy atom. The Balaban J connectivity index is 2.53. The molecule has 8 heteroatoms. The van der Waals surface area contributed by atoms with E-state index in [9.17, 15) is 17.6 Å². The minimum atomic E-state index is -4.00. The summed E-state index contributed by atoms with van der Waals surface area (Å²) in [6, 6.07) is 1.37. The molecule has 1 aromatic carbocycles. The highest BCUT2D eigenvalue weighted by molar-refractivity contribution is 7.89. The lowest BCUT2D eigenvalue weighted by atomic mass is 10.2. The SMILES string of the molecule is Cc1c(F)cc(N)cc1S(=O)(=O)N1CCCC1C(N)=O. The summed E-state index contributed by atoms with van der Waals surface area (Å²) in [4.78, 5) is 11.1. The second-order valence-corrected chi connectivity index (χ2v) is 6.66. The van der Waals surface area contributed by atoms with Crippen molar-refractivity contribution in [1.29, 1.82) is 0 Å². The molecule has 2 rings (SSSR count). The summed E-state index contributed by atoms with van der Waals surface area (Å²) in [5.74, 6) is -1.40. The van der Waals surface area contributed by atoms with E-state index < -0.39 is 27.8 Å². The van der Waals surface area contributed by atoms with E-state index in [-0.39, 0.29) is 22.7 Å². The molecular formula is C12H16FN3O3S. The van der Waals surface area contributed by atoms with Crippen molar-refractivity contribution in [2.75, 3.05) is 12.3 Å². The van der Waals surface area contributed by atoms with Crippen molar-refractivity contribution in [2.24, 2.45) is 5.73 Å². The topological polar surface area (TPSA) is 106 Å². The number of nitrogens with zero attached hydrogens (tertiary/aromatic N) is 1. The van der Waals surface area contributed by atoms with Crippen molar-refractivity contribution in [1.82, 2.24) is 4.31 Å². The van der Waals surface area contributed by atoms with Crippen LogP contribution in [0.15, 0.2) is 17.0 Å². The summed E-state index contributed by atoms with van der Waals surface area (Å²) in [7, 11) is -4.00. The molecule has 4 N–H and O–H groups in total. The zero-order valence-electron chi connectivity index (χ0n) is 11.0. The number of hydrogen-bond acceptors (Lipinski definition) is 4. The minimum absolute atomic E-state index is 0.0153. The molecule has 20 heavy (non-hydrogen) atoms. The number of halogens is 1. The van der Waals surface area contributed by atoms with Crippen LogP contribution in [0.2, 0.25) is 0 Å². The molecule has 0 bridgehead atoms. The van der Waals surface area contributed by atoms with Crippen molar-refractivity contribution in [3.63, 3.8) is 0 Å². The Morgan fingerprint density at radius 2 is 2.10 bits per heavy atom. The van der Waals surface area contributed by atoms with Gasteiger partial charge in [-0.05, 0) is 31.9 Å². The molecule has 0 aromatic heterocycles. The van der Waals surface area contributed by atoms with Crippen LogP contribution in [0.1, 0.15) is 18.4 Å². The molecule has 0 radical (unpaired) electrons. The van der Waals surface area contributed by atoms with E-state index in [2.05, 4.69) is 0 Å². The predicted molar refractivity (Wildman–Crippen MR) is 71.7 cm³/mol. The number of rotatable bonds is 3. The third-order valence-corrected chi connectivity index (χ3v) is 5.47. The van der Waals surface area contributed by atoms with Crippen LogP contribution in [-0.4, -0.2) is 31.2 Å². The van der Waals surface area contributed by atoms with Crippen LogP contribution < -0.4 is 11.5 Å². The van der Waals surface area contributed by atoms with Gasteiger partial charge in [0.1, 0.15) is 11.9 Å². The third kappa shape index (κ3) is 2.36. The lowest BCUT2D eigenvalue weighted by molar-refractivity contribution is -0.121. The summed E-state index contributed by atoms with van der Waals surface area (Å²) >= 11 is 0. The summed E-state index contributed by atoms with van der Waals surface area (Å²) in [5.41, 5.74) is 10.7. The van der Waals surface area contributed by atoms with Crippen molar-refractivity contribution < 1.29 is 17.6 Å². The van der Waals surface area contributed by atoms with E-state index in [4.69, 9.17) is 11.5 Å². The largest absolute Gasteiger partial charge is 0.399 e. The lowest BCUT2D eigenvalue weighted by Crippen LogP contribution is -2.43. The van der Waals surface area contributed by atoms with Crippen LogP contribution in [-0.2, 0) is 14.8 Å². The average molecular weight is 301 g/mol. The first-order valence-electron chi connectivity index (χ1n) is 6.12. The van der Waals surface area contributed by atoms with Gasteiger partial charge >= 0.3 is 0 Å². The molecule has 1 saturated heterocycles. The van der Waals surface area contributed by atoms with Crippen LogP contribution >= 0.6 is 0 Å². The molecular weight excluding hydrogens is 285 g/mol. The molecule has 1 aromatic rings. The zero-order valence-corrected chi connectivity index (χ0v) is 11.8. The van der Waals surface area contributed by atoms with Gasteiger partial charge in [0.2, 0.25) is 15.9 Å². The minimum Gasteiger partial charge on any atom is -0.399 e. The highest BCUT2D eigenvalue weighted by Crippen LogP contribution is 2.30. The number of carbonyl (C=O) groups excluding carboxylic acids is 1. The molecule has 0 saturated carbocycles. The zero-order chi connectivity index (χ0) is 15.1. The van der Waals surface area contributed by atoms with Crippen molar-refractivity contribution >= 4 is 21.6 Å². The van der Waals surface area contributed by atoms with E-state index >= 15 is 0 Å². The van der Waals surface area contributed by atoms with Gasteiger partial charge in [-0.3, -0.25) is 4.79 Å². The summed E-state index contributed by atoms with van der Waals surface area (Å²) in [6.45, 7) is 1.54. The fourth-order valence-corrected chi connectivity index (χ4v) is 4.32. The van der Waals surface area contributed by atoms with Crippen LogP contribution in [0.5, 0.6) is 0 Å². The van der Waals surface area contributed by atoms with Crippen LogP contribution in [0.25, 0.3) is 0 Å². The van der Waals surface area contributed by atoms with E-state index in [0.717, 1.165) is 10.4 Å². The molecule has 110 valence electrons. The molecule has 1 atom stereocenters. The Labute approximate surface area is 116 Å². The standard InChI is InChI=1S/C12H16FN3O3S/c1-7-9(13)5-8(14)6-11(7)20(18,19)16-4-2-3-10(16)12(15)17/h5-6,10H,2-4,14H2,1H3,(H2,15,17). The normalized spacial score (nSPS) is 20.2. The van der Waals surface area contributed by atoms with Gasteiger partial charge in [0, 0.05) is 17.8 Å². The second-order valence-electron chi connectivity index (χ2n) is 4.80. The molecule has 1 heterocycles. The average Bonchev–Trinajstić information content (AvgIpc) is 2.83. The molecule has 1 aliphatic heterocycles. The smallest absolute Gasteiger partial charge is 0.244 e. The number of nitrogen functional groups attached to an aromatic ring is 1. The quantitative estimate of drug-likeness (QED) is 0.786. The number of primary amides is 1. The maximum Gasteiger partial charge on any atom is 0.244 e. The van der Waals surface area contributed by atoms with E-state index in [1.54, 1.807) is 0 Å². The number of benzene rings is 1. The van der Waals surface area contributed by atoms with Gasteiger partial charge in [-0.1, -0.05) is 0 Å². The van der Waals surface area contributed by atoms with Gasteiger partial charge in [0.25, 0.3) is 0 Å². The van der Waals surface area contributed by atoms with Gasteiger partial charge in [-0.2, -0.15) is 4.31 Å². The summed E-state index contributed by atoms with van der Waals surface area (Å²) < 4.78 is 39.8. The van der Waals surface area contributed by atoms with Crippen LogP contribution in [0.3, 0.4) is 0 Å². The Morgan fingerprint density at radius 1 is 1.45 bits per heavy atom. The molecule has 1 aliphatic rings. The highest BCUT2D eigenvalue weighted by atomic mass is 32.2. The maximum absolute atomic E-state index is 13.7. The molecule has 6 nitrogen and oxygen atoms in total. The molecule has 0 spiro atoms. The highest BCUT2D eigenvalue weighted by Gasteiger charge is 2.39. The first-order chi connectivity index (χ1) is 9.25. The Bertz CT molecular complexity index is 660. The van der Waals surface area contributed by atoms with Crippen molar-refractivity contribution in [3.05, 3.63) is 23.5 Å². The van der Waals surface area contributed by atoms with Gasteiger partial charge in [-0.15, -0.1) is 0 Å². The molecule has 1 fully saturated rings. The van der Waals surface area contributed by atoms with Crippen molar-refractivity contribution in [3.8, 4) is 0 Å². The number of anilines is 1. The number of amides is 1. The fraction of sp³-hybridized carbons (Fsp3) is 0.417. The lowest BCUT2D eigenvalue weighted by Gasteiger charge is -2.23. The van der Waals surface area contributed by atoms with Gasteiger partial charge < -0.3 is 11.5 Å². The summed E-state index contributed by atoms with van der Waals surface area (Å²) in [5, 5.41) is 0. The first-order valence-corrected chi connectivity index (χ1v) is 7.56. The monoisotopic (exact) mass is 301 g/mol. The van der Waals surface area contributed by atoms with Gasteiger partial charge in [0.15, 0.2) is 0 Å². The van der Waals surface area contributed by atoms with Gasteiger partial charge in [0.05, 0.1) is 4.90 Å². The molecule has 1 unspecified atom stereocenters. The molecule has 1 amide bonds. The van der Waals surface area contributed by atoms with Crippen LogP contribution in [0, 0.1) is 12.7 Å². The number of hydrogen-bond donors (Lipinski definition) is 2. The van der Waals surface area contributed by atoms with E-state index in [0.29, 0.717) is 12.8 Å². The van der Waals surface area contributed by atoms with E-state index in [1.165, 1.54) is 13.0 Å². The fourth-order valence-electron chi connectivity index (χ4n) is 2.38. The molecule has 0 aliphatic carbocycles. The Hall–Kier alpha value is -1.67. The summed E-state index contributed by atoms with van der Waals surface area (Å²) in [6.07, 6.45) is 0.912. The van der Waals surface area contributed by atoms with Crippen molar-refractivity contribution in [2.45, 2.75) is 30.7 Å². The number of sulfonamides is 1. The second kappa shape index (κ2) is 5.02. The number of nitrogens with two attached hydrogens (primary N) is 2. The first kappa shape index (κ1) is 14.7.